The Morgan fingerprint density at radius 3 is 2.70 bits per heavy atom. The number of benzene rings is 1. The van der Waals surface area contributed by atoms with Gasteiger partial charge in [-0.25, -0.2) is 4.68 Å². The fourth-order valence-electron chi connectivity index (χ4n) is 2.85. The molecule has 1 amide bonds. The summed E-state index contributed by atoms with van der Waals surface area (Å²) in [6, 6.07) is 7.92. The first-order valence-corrected chi connectivity index (χ1v) is 8.87. The van der Waals surface area contributed by atoms with Crippen molar-refractivity contribution in [3.63, 3.8) is 0 Å². The first-order chi connectivity index (χ1) is 12.8. The SMILES string of the molecule is COCCOc1ccc(CNC(=O)c2cn(C3CCNCC3)nn2)cc1.Cl. The molecule has 0 spiro atoms. The topological polar surface area (TPSA) is 90.3 Å². The number of amides is 1. The van der Waals surface area contributed by atoms with Gasteiger partial charge in [0.05, 0.1) is 18.8 Å². The van der Waals surface area contributed by atoms with E-state index < -0.39 is 0 Å². The Bertz CT molecular complexity index is 701. The minimum absolute atomic E-state index is 0. The van der Waals surface area contributed by atoms with Crippen LogP contribution >= 0.6 is 12.4 Å². The first kappa shape index (κ1) is 21.1. The van der Waals surface area contributed by atoms with Crippen LogP contribution in [-0.4, -0.2) is 54.3 Å². The van der Waals surface area contributed by atoms with E-state index >= 15 is 0 Å². The van der Waals surface area contributed by atoms with Crippen LogP contribution < -0.4 is 15.4 Å². The maximum atomic E-state index is 12.3. The van der Waals surface area contributed by atoms with Gasteiger partial charge in [0.1, 0.15) is 12.4 Å². The van der Waals surface area contributed by atoms with Gasteiger partial charge >= 0.3 is 0 Å². The number of methoxy groups -OCH3 is 1. The highest BCUT2D eigenvalue weighted by molar-refractivity contribution is 5.91. The Hall–Kier alpha value is -2.16. The van der Waals surface area contributed by atoms with Crippen molar-refractivity contribution < 1.29 is 14.3 Å². The number of carbonyl (C=O) groups excluding carboxylic acids is 1. The van der Waals surface area contributed by atoms with E-state index in [1.807, 2.05) is 28.9 Å². The lowest BCUT2D eigenvalue weighted by Gasteiger charge is -2.22. The summed E-state index contributed by atoms with van der Waals surface area (Å²) < 4.78 is 12.3. The Labute approximate surface area is 165 Å². The fraction of sp³-hybridized carbons (Fsp3) is 0.500. The van der Waals surface area contributed by atoms with Gasteiger partial charge in [0.15, 0.2) is 5.69 Å². The van der Waals surface area contributed by atoms with E-state index in [4.69, 9.17) is 9.47 Å². The number of piperidine rings is 1. The minimum Gasteiger partial charge on any atom is -0.491 e. The lowest BCUT2D eigenvalue weighted by molar-refractivity contribution is 0.0946. The van der Waals surface area contributed by atoms with E-state index in [9.17, 15) is 4.79 Å². The Balaban J connectivity index is 0.00000261. The molecule has 8 nitrogen and oxygen atoms in total. The number of nitrogens with one attached hydrogen (secondary N) is 2. The largest absolute Gasteiger partial charge is 0.491 e. The van der Waals surface area contributed by atoms with Crippen LogP contribution in [-0.2, 0) is 11.3 Å². The molecule has 1 aliphatic heterocycles. The average Bonchev–Trinajstić information content (AvgIpc) is 3.18. The molecule has 27 heavy (non-hydrogen) atoms. The number of aromatic nitrogens is 3. The highest BCUT2D eigenvalue weighted by Crippen LogP contribution is 2.17. The second-order valence-corrected chi connectivity index (χ2v) is 6.23. The maximum Gasteiger partial charge on any atom is 0.273 e. The van der Waals surface area contributed by atoms with Crippen LogP contribution in [0, 0.1) is 0 Å². The van der Waals surface area contributed by atoms with Crippen LogP contribution in [0.2, 0.25) is 0 Å². The average molecular weight is 396 g/mol. The van der Waals surface area contributed by atoms with Crippen molar-refractivity contribution in [2.45, 2.75) is 25.4 Å². The van der Waals surface area contributed by atoms with Gasteiger partial charge in [-0.3, -0.25) is 4.79 Å². The van der Waals surface area contributed by atoms with Gasteiger partial charge in [0.2, 0.25) is 0 Å². The van der Waals surface area contributed by atoms with Crippen molar-refractivity contribution in [1.29, 1.82) is 0 Å². The molecule has 0 radical (unpaired) electrons. The second kappa shape index (κ2) is 10.9. The van der Waals surface area contributed by atoms with Crippen molar-refractivity contribution in [2.24, 2.45) is 0 Å². The van der Waals surface area contributed by atoms with Crippen molar-refractivity contribution in [3.8, 4) is 5.75 Å². The smallest absolute Gasteiger partial charge is 0.273 e. The number of halogens is 1. The summed E-state index contributed by atoms with van der Waals surface area (Å²) in [5.41, 5.74) is 1.34. The number of hydrogen-bond donors (Lipinski definition) is 2. The molecular formula is C18H26ClN5O3. The summed E-state index contributed by atoms with van der Waals surface area (Å²) >= 11 is 0. The third-order valence-electron chi connectivity index (χ3n) is 4.36. The van der Waals surface area contributed by atoms with Gasteiger partial charge in [0, 0.05) is 13.7 Å². The number of ether oxygens (including phenoxy) is 2. The monoisotopic (exact) mass is 395 g/mol. The van der Waals surface area contributed by atoms with Crippen molar-refractivity contribution >= 4 is 18.3 Å². The molecule has 1 aliphatic rings. The molecule has 1 aromatic heterocycles. The fourth-order valence-corrected chi connectivity index (χ4v) is 2.85. The van der Waals surface area contributed by atoms with Crippen molar-refractivity contribution in [3.05, 3.63) is 41.7 Å². The second-order valence-electron chi connectivity index (χ2n) is 6.23. The standard InChI is InChI=1S/C18H25N5O3.ClH/c1-25-10-11-26-16-4-2-14(3-5-16)12-20-18(24)17-13-23(22-21-17)15-6-8-19-9-7-15;/h2-5,13,15,19H,6-12H2,1H3,(H,20,24);1H. The third-order valence-corrected chi connectivity index (χ3v) is 4.36. The summed E-state index contributed by atoms with van der Waals surface area (Å²) in [7, 11) is 1.64. The Morgan fingerprint density at radius 1 is 1.26 bits per heavy atom. The normalized spacial score (nSPS) is 14.4. The summed E-state index contributed by atoms with van der Waals surface area (Å²) in [4.78, 5) is 12.3. The molecule has 0 bridgehead atoms. The first-order valence-electron chi connectivity index (χ1n) is 8.87. The maximum absolute atomic E-state index is 12.3. The molecule has 148 valence electrons. The molecular weight excluding hydrogens is 370 g/mol. The number of nitrogens with zero attached hydrogens (tertiary/aromatic N) is 3. The van der Waals surface area contributed by atoms with E-state index in [-0.39, 0.29) is 18.3 Å². The van der Waals surface area contributed by atoms with E-state index in [1.165, 1.54) is 0 Å². The molecule has 0 aliphatic carbocycles. The molecule has 3 rings (SSSR count). The van der Waals surface area contributed by atoms with Crippen LogP contribution in [0.15, 0.2) is 30.5 Å². The van der Waals surface area contributed by atoms with Gasteiger partial charge in [-0.15, -0.1) is 17.5 Å². The van der Waals surface area contributed by atoms with Crippen molar-refractivity contribution in [2.75, 3.05) is 33.4 Å². The molecule has 2 aromatic rings. The van der Waals surface area contributed by atoms with E-state index in [2.05, 4.69) is 20.9 Å². The van der Waals surface area contributed by atoms with Crippen LogP contribution in [0.4, 0.5) is 0 Å². The summed E-state index contributed by atoms with van der Waals surface area (Å²) in [6.45, 7) is 3.43. The number of hydrogen-bond acceptors (Lipinski definition) is 6. The number of carbonyl (C=O) groups is 1. The molecule has 1 fully saturated rings. The molecule has 1 aromatic carbocycles. The lowest BCUT2D eigenvalue weighted by atomic mass is 10.1. The van der Waals surface area contributed by atoms with E-state index in [0.29, 0.717) is 31.5 Å². The zero-order valence-electron chi connectivity index (χ0n) is 15.4. The van der Waals surface area contributed by atoms with Gasteiger partial charge in [-0.05, 0) is 43.6 Å². The third kappa shape index (κ3) is 6.20. The molecule has 0 atom stereocenters. The highest BCUT2D eigenvalue weighted by Gasteiger charge is 2.18. The van der Waals surface area contributed by atoms with Gasteiger partial charge in [-0.1, -0.05) is 17.3 Å². The molecule has 9 heteroatoms. The zero-order valence-corrected chi connectivity index (χ0v) is 16.2. The van der Waals surface area contributed by atoms with Crippen LogP contribution in [0.3, 0.4) is 0 Å². The van der Waals surface area contributed by atoms with Crippen molar-refractivity contribution in [1.82, 2.24) is 25.6 Å². The Kier molecular flexibility index (Phi) is 8.50. The molecule has 1 saturated heterocycles. The van der Waals surface area contributed by atoms with Crippen LogP contribution in [0.5, 0.6) is 5.75 Å². The molecule has 2 N–H and O–H groups in total. The predicted molar refractivity (Wildman–Crippen MR) is 103 cm³/mol. The highest BCUT2D eigenvalue weighted by atomic mass is 35.5. The number of rotatable bonds is 8. The minimum atomic E-state index is -0.217. The quantitative estimate of drug-likeness (QED) is 0.659. The molecule has 0 saturated carbocycles. The van der Waals surface area contributed by atoms with Gasteiger partial charge < -0.3 is 20.1 Å². The van der Waals surface area contributed by atoms with E-state index in [1.54, 1.807) is 13.3 Å². The van der Waals surface area contributed by atoms with Crippen LogP contribution in [0.25, 0.3) is 0 Å². The zero-order chi connectivity index (χ0) is 18.2. The summed E-state index contributed by atoms with van der Waals surface area (Å²) in [6.07, 6.45) is 3.74. The van der Waals surface area contributed by atoms with Gasteiger partial charge in [-0.2, -0.15) is 0 Å². The summed E-state index contributed by atoms with van der Waals surface area (Å²) in [5.74, 6) is 0.563. The van der Waals surface area contributed by atoms with Gasteiger partial charge in [0.25, 0.3) is 5.91 Å². The molecule has 0 unspecified atom stereocenters. The predicted octanol–water partition coefficient (Wildman–Crippen LogP) is 1.58. The molecule has 2 heterocycles. The summed E-state index contributed by atoms with van der Waals surface area (Å²) in [5, 5.41) is 14.3. The lowest BCUT2D eigenvalue weighted by Crippen LogP contribution is -2.29. The Morgan fingerprint density at radius 2 is 2.00 bits per heavy atom. The van der Waals surface area contributed by atoms with E-state index in [0.717, 1.165) is 37.2 Å². The van der Waals surface area contributed by atoms with Crippen LogP contribution in [0.1, 0.15) is 34.9 Å².